The van der Waals surface area contributed by atoms with Crippen LogP contribution in [0.2, 0.25) is 0 Å². The zero-order chi connectivity index (χ0) is 12.7. The van der Waals surface area contributed by atoms with E-state index in [0.717, 1.165) is 13.0 Å². The number of nitrogens with two attached hydrogens (primary N) is 1. The lowest BCUT2D eigenvalue weighted by Gasteiger charge is -2.20. The van der Waals surface area contributed by atoms with Crippen molar-refractivity contribution in [3.8, 4) is 0 Å². The Balaban J connectivity index is 2.39. The lowest BCUT2D eigenvalue weighted by Crippen LogP contribution is -2.40. The second kappa shape index (κ2) is 7.20. The van der Waals surface area contributed by atoms with E-state index in [4.69, 9.17) is 5.73 Å². The first-order valence-electron chi connectivity index (χ1n) is 6.14. The molecule has 3 nitrogen and oxygen atoms in total. The maximum atomic E-state index is 11.6. The molecule has 1 rings (SSSR count). The highest BCUT2D eigenvalue weighted by Crippen LogP contribution is 2.03. The maximum absolute atomic E-state index is 11.6. The van der Waals surface area contributed by atoms with Crippen LogP contribution in [0.4, 0.5) is 0 Å². The number of hydrogen-bond acceptors (Lipinski definition) is 3. The third kappa shape index (κ3) is 5.11. The third-order valence-corrected chi connectivity index (χ3v) is 2.71. The van der Waals surface area contributed by atoms with Gasteiger partial charge in [0.1, 0.15) is 0 Å². The van der Waals surface area contributed by atoms with Gasteiger partial charge in [-0.1, -0.05) is 37.3 Å². The first-order chi connectivity index (χ1) is 8.13. The molecular formula is C14H22N2O. The largest absolute Gasteiger partial charge is 0.320 e. The van der Waals surface area contributed by atoms with E-state index in [0.29, 0.717) is 13.0 Å². The molecule has 3 heteroatoms. The van der Waals surface area contributed by atoms with Crippen LogP contribution in [0.1, 0.15) is 25.3 Å². The van der Waals surface area contributed by atoms with Gasteiger partial charge in [-0.3, -0.25) is 4.79 Å². The lowest BCUT2D eigenvalue weighted by molar-refractivity contribution is -0.120. The molecule has 2 N–H and O–H groups in total. The standard InChI is InChI=1S/C14H22N2O/c1-3-7-14(17)13(15)11-16(2)10-12-8-5-4-6-9-12/h4-6,8-9,13H,3,7,10-11,15H2,1-2H3. The van der Waals surface area contributed by atoms with Crippen molar-refractivity contribution in [3.63, 3.8) is 0 Å². The molecule has 17 heavy (non-hydrogen) atoms. The Hall–Kier alpha value is -1.19. The highest BCUT2D eigenvalue weighted by Gasteiger charge is 2.14. The van der Waals surface area contributed by atoms with Crippen LogP contribution in [0.5, 0.6) is 0 Å². The summed E-state index contributed by atoms with van der Waals surface area (Å²) in [7, 11) is 1.99. The van der Waals surface area contributed by atoms with Gasteiger partial charge in [0.2, 0.25) is 0 Å². The molecule has 0 aliphatic rings. The van der Waals surface area contributed by atoms with Crippen LogP contribution in [-0.4, -0.2) is 30.3 Å². The number of nitrogens with zero attached hydrogens (tertiary/aromatic N) is 1. The van der Waals surface area contributed by atoms with E-state index in [1.165, 1.54) is 5.56 Å². The van der Waals surface area contributed by atoms with Crippen molar-refractivity contribution in [2.75, 3.05) is 13.6 Å². The molecule has 0 aliphatic carbocycles. The lowest BCUT2D eigenvalue weighted by atomic mass is 10.1. The van der Waals surface area contributed by atoms with Crippen LogP contribution >= 0.6 is 0 Å². The van der Waals surface area contributed by atoms with Gasteiger partial charge in [-0.05, 0) is 19.0 Å². The molecule has 0 heterocycles. The number of carbonyl (C=O) groups is 1. The normalized spacial score (nSPS) is 12.7. The van der Waals surface area contributed by atoms with Crippen LogP contribution in [0.25, 0.3) is 0 Å². The predicted octanol–water partition coefficient (Wildman–Crippen LogP) is 1.81. The number of ketones is 1. The molecule has 1 aromatic carbocycles. The quantitative estimate of drug-likeness (QED) is 0.782. The second-order valence-corrected chi connectivity index (χ2v) is 4.51. The Labute approximate surface area is 104 Å². The first kappa shape index (κ1) is 13.9. The summed E-state index contributed by atoms with van der Waals surface area (Å²) in [5, 5.41) is 0. The Bertz CT molecular complexity index is 337. The Morgan fingerprint density at radius 2 is 2.00 bits per heavy atom. The molecule has 0 saturated heterocycles. The van der Waals surface area contributed by atoms with Crippen LogP contribution in [0.3, 0.4) is 0 Å². The highest BCUT2D eigenvalue weighted by molar-refractivity contribution is 5.83. The molecule has 0 aromatic heterocycles. The fourth-order valence-electron chi connectivity index (χ4n) is 1.83. The SMILES string of the molecule is CCCC(=O)C(N)CN(C)Cc1ccccc1. The number of hydrogen-bond donors (Lipinski definition) is 1. The summed E-state index contributed by atoms with van der Waals surface area (Å²) in [6, 6.07) is 9.84. The van der Waals surface area contributed by atoms with Crippen molar-refractivity contribution in [1.82, 2.24) is 4.90 Å². The van der Waals surface area contributed by atoms with Crippen molar-refractivity contribution in [2.45, 2.75) is 32.4 Å². The minimum absolute atomic E-state index is 0.160. The number of Topliss-reactive ketones (excluding diaryl/α,β-unsaturated/α-hetero) is 1. The van der Waals surface area contributed by atoms with Gasteiger partial charge in [0.15, 0.2) is 5.78 Å². The summed E-state index contributed by atoms with van der Waals surface area (Å²) >= 11 is 0. The van der Waals surface area contributed by atoms with Gasteiger partial charge in [-0.15, -0.1) is 0 Å². The Morgan fingerprint density at radius 1 is 1.35 bits per heavy atom. The number of carbonyl (C=O) groups excluding carboxylic acids is 1. The van der Waals surface area contributed by atoms with E-state index in [-0.39, 0.29) is 11.8 Å². The monoisotopic (exact) mass is 234 g/mol. The van der Waals surface area contributed by atoms with Gasteiger partial charge < -0.3 is 10.6 Å². The second-order valence-electron chi connectivity index (χ2n) is 4.51. The van der Waals surface area contributed by atoms with Gasteiger partial charge in [0.05, 0.1) is 6.04 Å². The smallest absolute Gasteiger partial charge is 0.150 e. The van der Waals surface area contributed by atoms with Crippen molar-refractivity contribution in [1.29, 1.82) is 0 Å². The van der Waals surface area contributed by atoms with E-state index in [1.54, 1.807) is 0 Å². The van der Waals surface area contributed by atoms with E-state index < -0.39 is 0 Å². The van der Waals surface area contributed by atoms with Crippen molar-refractivity contribution < 1.29 is 4.79 Å². The molecule has 1 unspecified atom stereocenters. The Kier molecular flexibility index (Phi) is 5.87. The average molecular weight is 234 g/mol. The topological polar surface area (TPSA) is 46.3 Å². The van der Waals surface area contributed by atoms with Crippen LogP contribution in [-0.2, 0) is 11.3 Å². The summed E-state index contributed by atoms with van der Waals surface area (Å²) in [4.78, 5) is 13.7. The molecule has 94 valence electrons. The van der Waals surface area contributed by atoms with Crippen molar-refractivity contribution >= 4 is 5.78 Å². The minimum Gasteiger partial charge on any atom is -0.320 e. The van der Waals surface area contributed by atoms with E-state index in [2.05, 4.69) is 17.0 Å². The summed E-state index contributed by atoms with van der Waals surface area (Å²) in [5.74, 6) is 0.160. The van der Waals surface area contributed by atoms with E-state index >= 15 is 0 Å². The molecule has 0 amide bonds. The molecule has 0 fully saturated rings. The van der Waals surface area contributed by atoms with Crippen molar-refractivity contribution in [3.05, 3.63) is 35.9 Å². The molecule has 0 spiro atoms. The highest BCUT2D eigenvalue weighted by atomic mass is 16.1. The maximum Gasteiger partial charge on any atom is 0.150 e. The zero-order valence-corrected chi connectivity index (χ0v) is 10.7. The zero-order valence-electron chi connectivity index (χ0n) is 10.7. The fourth-order valence-corrected chi connectivity index (χ4v) is 1.83. The van der Waals surface area contributed by atoms with Gasteiger partial charge in [0, 0.05) is 19.5 Å². The van der Waals surface area contributed by atoms with Crippen LogP contribution < -0.4 is 5.73 Å². The summed E-state index contributed by atoms with van der Waals surface area (Å²) < 4.78 is 0. The summed E-state index contributed by atoms with van der Waals surface area (Å²) in [6.45, 7) is 3.44. The van der Waals surface area contributed by atoms with Crippen LogP contribution in [0.15, 0.2) is 30.3 Å². The predicted molar refractivity (Wildman–Crippen MR) is 70.7 cm³/mol. The minimum atomic E-state index is -0.358. The molecule has 1 atom stereocenters. The Morgan fingerprint density at radius 3 is 2.59 bits per heavy atom. The molecule has 0 aliphatic heterocycles. The molecule has 0 saturated carbocycles. The summed E-state index contributed by atoms with van der Waals surface area (Å²) in [5.41, 5.74) is 7.11. The van der Waals surface area contributed by atoms with Gasteiger partial charge in [-0.25, -0.2) is 0 Å². The number of rotatable bonds is 7. The van der Waals surface area contributed by atoms with E-state index in [9.17, 15) is 4.79 Å². The summed E-state index contributed by atoms with van der Waals surface area (Å²) in [6.07, 6.45) is 1.45. The fraction of sp³-hybridized carbons (Fsp3) is 0.500. The molecule has 0 radical (unpaired) electrons. The van der Waals surface area contributed by atoms with Gasteiger partial charge in [-0.2, -0.15) is 0 Å². The van der Waals surface area contributed by atoms with Gasteiger partial charge in [0.25, 0.3) is 0 Å². The molecule has 1 aromatic rings. The van der Waals surface area contributed by atoms with E-state index in [1.807, 2.05) is 32.2 Å². The van der Waals surface area contributed by atoms with Crippen molar-refractivity contribution in [2.24, 2.45) is 5.73 Å². The molecule has 0 bridgehead atoms. The van der Waals surface area contributed by atoms with Crippen LogP contribution in [0, 0.1) is 0 Å². The number of benzene rings is 1. The number of likely N-dealkylation sites (N-methyl/N-ethyl adjacent to an activating group) is 1. The van der Waals surface area contributed by atoms with Gasteiger partial charge >= 0.3 is 0 Å². The molecular weight excluding hydrogens is 212 g/mol. The third-order valence-electron chi connectivity index (χ3n) is 2.71. The average Bonchev–Trinajstić information content (AvgIpc) is 2.30. The first-order valence-corrected chi connectivity index (χ1v) is 6.14.